The van der Waals surface area contributed by atoms with Gasteiger partial charge < -0.3 is 24.1 Å². The predicted molar refractivity (Wildman–Crippen MR) is 110 cm³/mol. The second-order valence-electron chi connectivity index (χ2n) is 7.96. The Kier molecular flexibility index (Phi) is 6.00. The molecule has 0 aliphatic carbocycles. The average Bonchev–Trinajstić information content (AvgIpc) is 2.94. The summed E-state index contributed by atoms with van der Waals surface area (Å²) in [7, 11) is 1.33. The van der Waals surface area contributed by atoms with Crippen molar-refractivity contribution in [1.29, 1.82) is 0 Å². The third-order valence-corrected chi connectivity index (χ3v) is 5.19. The monoisotopic (exact) mass is 465 g/mol. The lowest BCUT2D eigenvalue weighted by Crippen LogP contribution is -2.65. The topological polar surface area (TPSA) is 91.7 Å². The molecule has 156 valence electrons. The highest BCUT2D eigenvalue weighted by atomic mass is 79.9. The van der Waals surface area contributed by atoms with Gasteiger partial charge in [0, 0.05) is 24.2 Å². The first kappa shape index (κ1) is 21.3. The molecule has 0 bridgehead atoms. The Labute approximate surface area is 177 Å². The molecule has 1 aliphatic rings. The Morgan fingerprint density at radius 2 is 1.97 bits per heavy atom. The Morgan fingerprint density at radius 3 is 2.48 bits per heavy atom. The molecule has 2 aromatic rings. The molecule has 0 spiro atoms. The van der Waals surface area contributed by atoms with Crippen LogP contribution in [-0.4, -0.2) is 53.1 Å². The molecule has 29 heavy (non-hydrogen) atoms. The Hall–Kier alpha value is -2.39. The molecule has 1 aliphatic heterocycles. The van der Waals surface area contributed by atoms with Crippen LogP contribution < -0.4 is 5.32 Å². The SMILES string of the molecule is COC(=O)c1c(Br)c(-c2ccncc2)cn1CC1(NC(=O)OC(C)(C)C)COC1. The fourth-order valence-corrected chi connectivity index (χ4v) is 3.81. The van der Waals surface area contributed by atoms with Crippen LogP contribution in [0.5, 0.6) is 0 Å². The minimum atomic E-state index is -0.681. The largest absolute Gasteiger partial charge is 0.464 e. The van der Waals surface area contributed by atoms with Gasteiger partial charge in [0.05, 0.1) is 31.3 Å². The number of nitrogens with one attached hydrogen (secondary N) is 1. The van der Waals surface area contributed by atoms with Crippen LogP contribution >= 0.6 is 15.9 Å². The minimum absolute atomic E-state index is 0.313. The van der Waals surface area contributed by atoms with Gasteiger partial charge in [0.15, 0.2) is 0 Å². The van der Waals surface area contributed by atoms with E-state index >= 15 is 0 Å². The fourth-order valence-electron chi connectivity index (χ4n) is 3.09. The summed E-state index contributed by atoms with van der Waals surface area (Å²) in [4.78, 5) is 28.8. The summed E-state index contributed by atoms with van der Waals surface area (Å²) in [5.74, 6) is -0.482. The molecule has 1 fully saturated rings. The van der Waals surface area contributed by atoms with E-state index in [0.717, 1.165) is 11.1 Å². The third-order valence-electron chi connectivity index (χ3n) is 4.38. The zero-order valence-electron chi connectivity index (χ0n) is 16.8. The Balaban J connectivity index is 1.93. The number of rotatable bonds is 5. The van der Waals surface area contributed by atoms with Gasteiger partial charge in [0.1, 0.15) is 16.8 Å². The number of ether oxygens (including phenoxy) is 3. The van der Waals surface area contributed by atoms with E-state index in [2.05, 4.69) is 26.2 Å². The predicted octanol–water partition coefficient (Wildman–Crippen LogP) is 3.39. The molecule has 1 amide bonds. The molecular weight excluding hydrogens is 442 g/mol. The third kappa shape index (κ3) is 4.79. The summed E-state index contributed by atoms with van der Waals surface area (Å²) in [6.45, 7) is 6.35. The molecule has 8 nitrogen and oxygen atoms in total. The van der Waals surface area contributed by atoms with Crippen LogP contribution in [0.3, 0.4) is 0 Å². The number of alkyl carbamates (subject to hydrolysis) is 1. The maximum absolute atomic E-state index is 12.5. The number of hydrogen-bond acceptors (Lipinski definition) is 6. The second kappa shape index (κ2) is 8.16. The number of carbonyl (C=O) groups is 2. The molecule has 0 radical (unpaired) electrons. The van der Waals surface area contributed by atoms with Gasteiger partial charge in [-0.05, 0) is 54.4 Å². The maximum atomic E-state index is 12.5. The number of esters is 1. The number of aromatic nitrogens is 2. The molecule has 0 saturated carbocycles. The molecule has 2 aromatic heterocycles. The molecule has 3 heterocycles. The van der Waals surface area contributed by atoms with Crippen molar-refractivity contribution >= 4 is 28.0 Å². The van der Waals surface area contributed by atoms with Crippen molar-refractivity contribution < 1.29 is 23.8 Å². The molecule has 0 aromatic carbocycles. The number of carbonyl (C=O) groups excluding carboxylic acids is 2. The van der Waals surface area contributed by atoms with E-state index in [1.807, 2.05) is 18.3 Å². The molecule has 3 rings (SSSR count). The van der Waals surface area contributed by atoms with Crippen molar-refractivity contribution in [2.45, 2.75) is 38.5 Å². The molecule has 1 N–H and O–H groups in total. The van der Waals surface area contributed by atoms with Crippen LogP contribution in [0.25, 0.3) is 11.1 Å². The Morgan fingerprint density at radius 1 is 1.31 bits per heavy atom. The smallest absolute Gasteiger partial charge is 0.408 e. The number of nitrogens with zero attached hydrogens (tertiary/aromatic N) is 2. The lowest BCUT2D eigenvalue weighted by atomic mass is 9.97. The molecule has 0 atom stereocenters. The van der Waals surface area contributed by atoms with Gasteiger partial charge >= 0.3 is 12.1 Å². The highest BCUT2D eigenvalue weighted by Crippen LogP contribution is 2.35. The van der Waals surface area contributed by atoms with Gasteiger partial charge in [-0.2, -0.15) is 0 Å². The zero-order chi connectivity index (χ0) is 21.2. The first-order valence-electron chi connectivity index (χ1n) is 9.10. The van der Waals surface area contributed by atoms with E-state index in [9.17, 15) is 9.59 Å². The fraction of sp³-hybridized carbons (Fsp3) is 0.450. The molecular formula is C20H24BrN3O5. The lowest BCUT2D eigenvalue weighted by molar-refractivity contribution is -0.0834. The summed E-state index contributed by atoms with van der Waals surface area (Å²) in [5, 5.41) is 2.90. The van der Waals surface area contributed by atoms with Crippen LogP contribution in [0.4, 0.5) is 4.79 Å². The van der Waals surface area contributed by atoms with Crippen molar-refractivity contribution in [2.75, 3.05) is 20.3 Å². The van der Waals surface area contributed by atoms with Gasteiger partial charge in [-0.15, -0.1) is 0 Å². The molecule has 1 saturated heterocycles. The number of methoxy groups -OCH3 is 1. The van der Waals surface area contributed by atoms with E-state index in [-0.39, 0.29) is 0 Å². The van der Waals surface area contributed by atoms with E-state index in [4.69, 9.17) is 14.2 Å². The van der Waals surface area contributed by atoms with E-state index in [1.165, 1.54) is 7.11 Å². The lowest BCUT2D eigenvalue weighted by Gasteiger charge is -2.42. The average molecular weight is 466 g/mol. The second-order valence-corrected chi connectivity index (χ2v) is 8.75. The quantitative estimate of drug-likeness (QED) is 0.680. The van der Waals surface area contributed by atoms with Crippen molar-refractivity contribution in [2.24, 2.45) is 0 Å². The normalized spacial score (nSPS) is 15.3. The van der Waals surface area contributed by atoms with E-state index in [0.29, 0.717) is 29.9 Å². The van der Waals surface area contributed by atoms with Gasteiger partial charge in [0.2, 0.25) is 0 Å². The van der Waals surface area contributed by atoms with Crippen molar-refractivity contribution in [3.05, 3.63) is 40.9 Å². The van der Waals surface area contributed by atoms with Gasteiger partial charge in [0.25, 0.3) is 0 Å². The van der Waals surface area contributed by atoms with Crippen LogP contribution in [0.1, 0.15) is 31.3 Å². The first-order valence-corrected chi connectivity index (χ1v) is 9.90. The molecule has 9 heteroatoms. The van der Waals surface area contributed by atoms with Gasteiger partial charge in [-0.3, -0.25) is 4.98 Å². The Bertz CT molecular complexity index is 901. The van der Waals surface area contributed by atoms with E-state index in [1.54, 1.807) is 37.7 Å². The van der Waals surface area contributed by atoms with Gasteiger partial charge in [-0.25, -0.2) is 9.59 Å². The zero-order valence-corrected chi connectivity index (χ0v) is 18.4. The van der Waals surface area contributed by atoms with Crippen LogP contribution in [0.15, 0.2) is 35.2 Å². The van der Waals surface area contributed by atoms with Crippen LogP contribution in [0.2, 0.25) is 0 Å². The van der Waals surface area contributed by atoms with Crippen LogP contribution in [0, 0.1) is 0 Å². The number of halogens is 1. The summed E-state index contributed by atoms with van der Waals surface area (Å²) in [6.07, 6.45) is 4.69. The summed E-state index contributed by atoms with van der Waals surface area (Å²) < 4.78 is 18.1. The van der Waals surface area contributed by atoms with Crippen molar-refractivity contribution in [3.63, 3.8) is 0 Å². The van der Waals surface area contributed by atoms with Crippen molar-refractivity contribution in [1.82, 2.24) is 14.9 Å². The molecule has 0 unspecified atom stereocenters. The highest BCUT2D eigenvalue weighted by Gasteiger charge is 2.42. The summed E-state index contributed by atoms with van der Waals surface area (Å²) in [5.41, 5.74) is 0.781. The number of amides is 1. The van der Waals surface area contributed by atoms with Crippen molar-refractivity contribution in [3.8, 4) is 11.1 Å². The van der Waals surface area contributed by atoms with E-state index < -0.39 is 23.2 Å². The number of hydrogen-bond donors (Lipinski definition) is 1. The number of pyridine rings is 1. The first-order chi connectivity index (χ1) is 13.6. The highest BCUT2D eigenvalue weighted by molar-refractivity contribution is 9.10. The van der Waals surface area contributed by atoms with Gasteiger partial charge in [-0.1, -0.05) is 0 Å². The summed E-state index contributed by atoms with van der Waals surface area (Å²) in [6, 6.07) is 3.71. The summed E-state index contributed by atoms with van der Waals surface area (Å²) >= 11 is 3.53. The standard InChI is InChI=1S/C20H24BrN3O5/c1-19(2,3)29-18(26)23-20(11-28-12-20)10-24-9-14(13-5-7-22-8-6-13)15(21)16(24)17(25)27-4/h5-9H,10-12H2,1-4H3,(H,23,26). The van der Waals surface area contributed by atoms with Crippen LogP contribution in [-0.2, 0) is 20.8 Å². The minimum Gasteiger partial charge on any atom is -0.464 e. The maximum Gasteiger partial charge on any atom is 0.408 e.